The molecule has 0 radical (unpaired) electrons. The molecule has 19 heavy (non-hydrogen) atoms. The Labute approximate surface area is 113 Å². The van der Waals surface area contributed by atoms with Crippen molar-refractivity contribution >= 4 is 18.4 Å². The Kier molecular flexibility index (Phi) is 6.28. The Morgan fingerprint density at radius 2 is 1.79 bits per heavy atom. The number of ether oxygens (including phenoxy) is 1. The van der Waals surface area contributed by atoms with Gasteiger partial charge in [-0.15, -0.1) is 12.4 Å². The van der Waals surface area contributed by atoms with Crippen LogP contribution in [-0.2, 0) is 4.74 Å². The fraction of sp³-hybridized carbons (Fsp3) is 0.364. The number of alkyl halides is 3. The number of carbonyl (C=O) groups excluding carboxylic acids is 1. The van der Waals surface area contributed by atoms with E-state index >= 15 is 0 Å². The third-order valence-electron chi connectivity index (χ3n) is 2.39. The van der Waals surface area contributed by atoms with Gasteiger partial charge in [0.15, 0.2) is 6.10 Å². The second-order valence-corrected chi connectivity index (χ2v) is 3.63. The van der Waals surface area contributed by atoms with Gasteiger partial charge in [0.1, 0.15) is 0 Å². The summed E-state index contributed by atoms with van der Waals surface area (Å²) in [5.74, 6) is -0.605. The van der Waals surface area contributed by atoms with Crippen LogP contribution in [0.15, 0.2) is 24.3 Å². The summed E-state index contributed by atoms with van der Waals surface area (Å²) >= 11 is 0. The monoisotopic (exact) mass is 299 g/mol. The SMILES string of the molecule is COC(=O)c1ccc([C@H](N)[C@H](O)C(F)(F)F)cc1.Cl. The highest BCUT2D eigenvalue weighted by molar-refractivity contribution is 5.89. The van der Waals surface area contributed by atoms with E-state index < -0.39 is 24.3 Å². The number of nitrogens with two attached hydrogens (primary N) is 1. The van der Waals surface area contributed by atoms with Crippen LogP contribution in [0.4, 0.5) is 13.2 Å². The molecule has 0 amide bonds. The Morgan fingerprint density at radius 1 is 1.32 bits per heavy atom. The first-order valence-electron chi connectivity index (χ1n) is 4.96. The van der Waals surface area contributed by atoms with Gasteiger partial charge in [0.2, 0.25) is 0 Å². The summed E-state index contributed by atoms with van der Waals surface area (Å²) < 4.78 is 41.2. The van der Waals surface area contributed by atoms with Gasteiger partial charge in [0.05, 0.1) is 18.7 Å². The summed E-state index contributed by atoms with van der Waals surface area (Å²) in [5, 5.41) is 8.99. The fourth-order valence-electron chi connectivity index (χ4n) is 1.35. The Morgan fingerprint density at radius 3 is 2.16 bits per heavy atom. The van der Waals surface area contributed by atoms with Crippen LogP contribution in [0.25, 0.3) is 0 Å². The molecule has 1 aromatic rings. The van der Waals surface area contributed by atoms with Gasteiger partial charge in [0.25, 0.3) is 0 Å². The number of benzene rings is 1. The zero-order valence-electron chi connectivity index (χ0n) is 9.85. The number of halogens is 4. The number of rotatable bonds is 3. The van der Waals surface area contributed by atoms with Gasteiger partial charge in [-0.3, -0.25) is 0 Å². The average Bonchev–Trinajstić information content (AvgIpc) is 2.35. The number of aliphatic hydroxyl groups excluding tert-OH is 1. The summed E-state index contributed by atoms with van der Waals surface area (Å²) in [6.07, 6.45) is -7.44. The highest BCUT2D eigenvalue weighted by Crippen LogP contribution is 2.28. The fourth-order valence-corrected chi connectivity index (χ4v) is 1.35. The molecular weight excluding hydrogens is 287 g/mol. The average molecular weight is 300 g/mol. The lowest BCUT2D eigenvalue weighted by atomic mass is 10.0. The summed E-state index contributed by atoms with van der Waals surface area (Å²) in [4.78, 5) is 11.1. The summed E-state index contributed by atoms with van der Waals surface area (Å²) in [6.45, 7) is 0. The highest BCUT2D eigenvalue weighted by Gasteiger charge is 2.42. The van der Waals surface area contributed by atoms with E-state index in [1.165, 1.54) is 31.4 Å². The van der Waals surface area contributed by atoms with E-state index in [0.717, 1.165) is 0 Å². The van der Waals surface area contributed by atoms with Crippen LogP contribution >= 0.6 is 12.4 Å². The van der Waals surface area contributed by atoms with Gasteiger partial charge < -0.3 is 15.6 Å². The molecule has 0 fully saturated rings. The summed E-state index contributed by atoms with van der Waals surface area (Å²) in [6, 6.07) is 3.45. The molecule has 0 saturated heterocycles. The van der Waals surface area contributed by atoms with Gasteiger partial charge in [-0.25, -0.2) is 4.79 Å². The molecule has 0 aliphatic heterocycles. The smallest absolute Gasteiger partial charge is 0.416 e. The van der Waals surface area contributed by atoms with Gasteiger partial charge in [-0.1, -0.05) is 12.1 Å². The Bertz CT molecular complexity index is 422. The van der Waals surface area contributed by atoms with Crippen LogP contribution in [0, 0.1) is 0 Å². The van der Waals surface area contributed by atoms with Crippen molar-refractivity contribution in [2.45, 2.75) is 18.3 Å². The molecule has 0 aromatic heterocycles. The zero-order valence-corrected chi connectivity index (χ0v) is 10.7. The van der Waals surface area contributed by atoms with E-state index in [2.05, 4.69) is 4.74 Å². The second kappa shape index (κ2) is 6.74. The lowest BCUT2D eigenvalue weighted by Gasteiger charge is -2.21. The topological polar surface area (TPSA) is 72.5 Å². The van der Waals surface area contributed by atoms with Crippen molar-refractivity contribution in [3.63, 3.8) is 0 Å². The van der Waals surface area contributed by atoms with Crippen LogP contribution in [0.1, 0.15) is 22.0 Å². The molecule has 3 N–H and O–H groups in total. The van der Waals surface area contributed by atoms with Crippen molar-refractivity contribution in [3.8, 4) is 0 Å². The van der Waals surface area contributed by atoms with Crippen molar-refractivity contribution in [1.29, 1.82) is 0 Å². The molecule has 0 unspecified atom stereocenters. The van der Waals surface area contributed by atoms with Gasteiger partial charge in [-0.2, -0.15) is 13.2 Å². The molecule has 4 nitrogen and oxygen atoms in total. The number of hydrogen-bond donors (Lipinski definition) is 2. The maximum atomic E-state index is 12.2. The van der Waals surface area contributed by atoms with Crippen molar-refractivity contribution in [3.05, 3.63) is 35.4 Å². The molecule has 0 bridgehead atoms. The number of methoxy groups -OCH3 is 1. The van der Waals surface area contributed by atoms with Crippen molar-refractivity contribution < 1.29 is 27.8 Å². The van der Waals surface area contributed by atoms with E-state index in [1.54, 1.807) is 0 Å². The molecular formula is C11H13ClF3NO3. The number of carbonyl (C=O) groups is 1. The molecule has 8 heteroatoms. The molecule has 0 spiro atoms. The summed E-state index contributed by atoms with van der Waals surface area (Å²) in [7, 11) is 1.19. The zero-order chi connectivity index (χ0) is 13.9. The molecule has 0 heterocycles. The van der Waals surface area contributed by atoms with Crippen LogP contribution in [0.2, 0.25) is 0 Å². The molecule has 1 rings (SSSR count). The predicted octanol–water partition coefficient (Wildman–Crippen LogP) is 1.82. The van der Waals surface area contributed by atoms with E-state index in [4.69, 9.17) is 10.8 Å². The van der Waals surface area contributed by atoms with Crippen LogP contribution in [0.3, 0.4) is 0 Å². The normalized spacial score (nSPS) is 14.2. The lowest BCUT2D eigenvalue weighted by Crippen LogP contribution is -2.38. The molecule has 0 aliphatic rings. The molecule has 2 atom stereocenters. The van der Waals surface area contributed by atoms with Gasteiger partial charge >= 0.3 is 12.1 Å². The van der Waals surface area contributed by atoms with E-state index in [0.29, 0.717) is 0 Å². The van der Waals surface area contributed by atoms with Gasteiger partial charge in [0, 0.05) is 0 Å². The Hall–Kier alpha value is -1.31. The van der Waals surface area contributed by atoms with Crippen LogP contribution < -0.4 is 5.73 Å². The third-order valence-corrected chi connectivity index (χ3v) is 2.39. The van der Waals surface area contributed by atoms with Crippen molar-refractivity contribution in [2.24, 2.45) is 5.73 Å². The van der Waals surface area contributed by atoms with E-state index in [1.807, 2.05) is 0 Å². The van der Waals surface area contributed by atoms with Crippen LogP contribution in [-0.4, -0.2) is 30.5 Å². The number of esters is 1. The minimum atomic E-state index is -4.79. The molecule has 1 aromatic carbocycles. The molecule has 0 saturated carbocycles. The van der Waals surface area contributed by atoms with Crippen molar-refractivity contribution in [2.75, 3.05) is 7.11 Å². The van der Waals surface area contributed by atoms with Crippen molar-refractivity contribution in [1.82, 2.24) is 0 Å². The lowest BCUT2D eigenvalue weighted by molar-refractivity contribution is -0.210. The van der Waals surface area contributed by atoms with E-state index in [-0.39, 0.29) is 23.5 Å². The number of aliphatic hydroxyl groups is 1. The second-order valence-electron chi connectivity index (χ2n) is 3.63. The van der Waals surface area contributed by atoms with Gasteiger partial charge in [-0.05, 0) is 17.7 Å². The third kappa shape index (κ3) is 4.38. The standard InChI is InChI=1S/C11H12F3NO3.ClH/c1-18-10(17)7-4-2-6(3-5-7)8(15)9(16)11(12,13)14;/h2-5,8-9,16H,15H2,1H3;1H/t8-,9-;/m0./s1. The highest BCUT2D eigenvalue weighted by atomic mass is 35.5. The first-order valence-corrected chi connectivity index (χ1v) is 4.96. The van der Waals surface area contributed by atoms with E-state index in [9.17, 15) is 18.0 Å². The molecule has 108 valence electrons. The van der Waals surface area contributed by atoms with Crippen LogP contribution in [0.5, 0.6) is 0 Å². The first kappa shape index (κ1) is 17.7. The maximum absolute atomic E-state index is 12.2. The largest absolute Gasteiger partial charge is 0.465 e. The molecule has 0 aliphatic carbocycles. The summed E-state index contributed by atoms with van der Waals surface area (Å²) in [5.41, 5.74) is 5.56. The number of hydrogen-bond acceptors (Lipinski definition) is 4. The predicted molar refractivity (Wildman–Crippen MR) is 64.0 cm³/mol. The maximum Gasteiger partial charge on any atom is 0.416 e. The minimum absolute atomic E-state index is 0. The first-order chi connectivity index (χ1) is 8.27. The quantitative estimate of drug-likeness (QED) is 0.835. The minimum Gasteiger partial charge on any atom is -0.465 e. The Balaban J connectivity index is 0.00000324.